The molecule has 0 aromatic carbocycles. The predicted octanol–water partition coefficient (Wildman–Crippen LogP) is 2.47. The molecule has 1 saturated carbocycles. The van der Waals surface area contributed by atoms with Crippen molar-refractivity contribution >= 4 is 37.7 Å². The van der Waals surface area contributed by atoms with Gasteiger partial charge in [0.15, 0.2) is 0 Å². The molecule has 0 bridgehead atoms. The van der Waals surface area contributed by atoms with Gasteiger partial charge in [-0.25, -0.2) is 0 Å². The van der Waals surface area contributed by atoms with Crippen LogP contribution in [-0.2, 0) is 0 Å². The molecule has 0 spiro atoms. The summed E-state index contributed by atoms with van der Waals surface area (Å²) in [4.78, 5) is 0. The second kappa shape index (κ2) is 3.33. The van der Waals surface area contributed by atoms with Crippen LogP contribution in [-0.4, -0.2) is 37.7 Å². The summed E-state index contributed by atoms with van der Waals surface area (Å²) >= 11 is 0. The van der Waals surface area contributed by atoms with Gasteiger partial charge in [-0.05, 0) is 0 Å². The Morgan fingerprint density at radius 2 is 1.80 bits per heavy atom. The van der Waals surface area contributed by atoms with Crippen molar-refractivity contribution in [2.45, 2.75) is 33.6 Å². The van der Waals surface area contributed by atoms with Crippen LogP contribution in [0.5, 0.6) is 0 Å². The fourth-order valence-electron chi connectivity index (χ4n) is 1.32. The van der Waals surface area contributed by atoms with Gasteiger partial charge in [0.1, 0.15) is 0 Å². The van der Waals surface area contributed by atoms with Crippen LogP contribution in [0, 0.1) is 24.2 Å². The molecule has 0 saturated heterocycles. The van der Waals surface area contributed by atoms with Gasteiger partial charge in [-0.15, -0.1) is 6.42 Å². The smallest absolute Gasteiger partial charge is 0.340 e. The van der Waals surface area contributed by atoms with Crippen molar-refractivity contribution in [3.63, 3.8) is 0 Å². The third-order valence-electron chi connectivity index (χ3n) is 2.91. The van der Waals surface area contributed by atoms with Crippen molar-refractivity contribution < 1.29 is 0 Å². The van der Waals surface area contributed by atoms with Crippen molar-refractivity contribution in [3.8, 4) is 0 Å². The molecule has 1 atom stereocenters. The van der Waals surface area contributed by atoms with Gasteiger partial charge in [-0.1, -0.05) is 20.8 Å². The SMILES string of the molecule is [CH2-][C@@]1(C)CC[CH-]C1(C)C.[Ca+2]. The zero-order valence-electron chi connectivity index (χ0n) is 7.41. The van der Waals surface area contributed by atoms with E-state index >= 15 is 0 Å². The van der Waals surface area contributed by atoms with Gasteiger partial charge in [-0.2, -0.15) is 17.3 Å². The van der Waals surface area contributed by atoms with Gasteiger partial charge in [0.2, 0.25) is 0 Å². The van der Waals surface area contributed by atoms with Gasteiger partial charge in [-0.3, -0.25) is 0 Å². The average Bonchev–Trinajstić information content (AvgIpc) is 1.81. The Morgan fingerprint density at radius 3 is 1.90 bits per heavy atom. The summed E-state index contributed by atoms with van der Waals surface area (Å²) in [6.07, 6.45) is 4.88. The van der Waals surface area contributed by atoms with Crippen molar-refractivity contribution in [3.05, 3.63) is 13.3 Å². The van der Waals surface area contributed by atoms with Crippen LogP contribution in [0.25, 0.3) is 0 Å². The number of hydrogen-bond acceptors (Lipinski definition) is 0. The quantitative estimate of drug-likeness (QED) is 0.381. The zero-order chi connectivity index (χ0) is 7.12. The van der Waals surface area contributed by atoms with Crippen LogP contribution in [0.1, 0.15) is 33.6 Å². The van der Waals surface area contributed by atoms with Crippen LogP contribution in [0.2, 0.25) is 0 Å². The molecule has 0 heterocycles. The molecular formula is C9H16Ca. The van der Waals surface area contributed by atoms with E-state index in [1.165, 1.54) is 12.8 Å². The Hall–Kier alpha value is 1.26. The molecule has 1 aliphatic rings. The Morgan fingerprint density at radius 1 is 1.30 bits per heavy atom. The normalized spacial score (nSPS) is 37.2. The second-order valence-electron chi connectivity index (χ2n) is 4.03. The van der Waals surface area contributed by atoms with E-state index in [-0.39, 0.29) is 43.2 Å². The van der Waals surface area contributed by atoms with E-state index in [2.05, 4.69) is 34.1 Å². The van der Waals surface area contributed by atoms with E-state index in [1.807, 2.05) is 0 Å². The molecule has 0 unspecified atom stereocenters. The molecule has 0 aromatic heterocycles. The summed E-state index contributed by atoms with van der Waals surface area (Å²) in [5.74, 6) is 0. The number of hydrogen-bond donors (Lipinski definition) is 0. The van der Waals surface area contributed by atoms with Gasteiger partial charge in [0.05, 0.1) is 0 Å². The topological polar surface area (TPSA) is 0 Å². The van der Waals surface area contributed by atoms with Crippen molar-refractivity contribution in [2.24, 2.45) is 10.8 Å². The molecule has 10 heavy (non-hydrogen) atoms. The maximum Gasteiger partial charge on any atom is 2.00 e. The third-order valence-corrected chi connectivity index (χ3v) is 2.91. The van der Waals surface area contributed by atoms with Crippen molar-refractivity contribution in [1.29, 1.82) is 0 Å². The summed E-state index contributed by atoms with van der Waals surface area (Å²) < 4.78 is 0. The van der Waals surface area contributed by atoms with Crippen molar-refractivity contribution in [1.82, 2.24) is 0 Å². The fraction of sp³-hybridized carbons (Fsp3) is 0.778. The Bertz CT molecular complexity index is 99.9. The molecule has 1 rings (SSSR count). The Kier molecular flexibility index (Phi) is 3.75. The first kappa shape index (κ1) is 11.3. The van der Waals surface area contributed by atoms with Gasteiger partial charge in [0, 0.05) is 0 Å². The molecule has 0 amide bonds. The van der Waals surface area contributed by atoms with E-state index in [1.54, 1.807) is 0 Å². The molecule has 1 fully saturated rings. The Balaban J connectivity index is 0.000000810. The van der Waals surface area contributed by atoms with E-state index in [4.69, 9.17) is 0 Å². The van der Waals surface area contributed by atoms with Gasteiger partial charge >= 0.3 is 37.7 Å². The van der Waals surface area contributed by atoms with Crippen LogP contribution >= 0.6 is 0 Å². The molecule has 1 heteroatoms. The summed E-state index contributed by atoms with van der Waals surface area (Å²) in [5, 5.41) is 0. The average molecular weight is 164 g/mol. The summed E-state index contributed by atoms with van der Waals surface area (Å²) in [7, 11) is 0. The van der Waals surface area contributed by atoms with Crippen LogP contribution in [0.15, 0.2) is 0 Å². The molecular weight excluding hydrogens is 148 g/mol. The first-order valence-electron chi connectivity index (χ1n) is 3.65. The van der Waals surface area contributed by atoms with Gasteiger partial charge in [0.25, 0.3) is 0 Å². The maximum atomic E-state index is 4.19. The number of rotatable bonds is 0. The summed E-state index contributed by atoms with van der Waals surface area (Å²) in [5.41, 5.74) is 0.639. The van der Waals surface area contributed by atoms with E-state index in [9.17, 15) is 0 Å². The van der Waals surface area contributed by atoms with Crippen LogP contribution in [0.3, 0.4) is 0 Å². The van der Waals surface area contributed by atoms with Crippen molar-refractivity contribution in [2.75, 3.05) is 0 Å². The molecule has 0 aliphatic heterocycles. The second-order valence-corrected chi connectivity index (χ2v) is 4.03. The summed E-state index contributed by atoms with van der Waals surface area (Å²) in [6.45, 7) is 11.0. The minimum absolute atomic E-state index is 0. The predicted molar refractivity (Wildman–Crippen MR) is 46.5 cm³/mol. The first-order chi connectivity index (χ1) is 3.96. The largest absolute Gasteiger partial charge is 2.00 e. The maximum absolute atomic E-state index is 4.19. The van der Waals surface area contributed by atoms with Crippen LogP contribution in [0.4, 0.5) is 0 Å². The molecule has 0 N–H and O–H groups in total. The molecule has 0 aromatic rings. The van der Waals surface area contributed by atoms with E-state index < -0.39 is 0 Å². The monoisotopic (exact) mass is 164 g/mol. The van der Waals surface area contributed by atoms with Gasteiger partial charge < -0.3 is 13.3 Å². The van der Waals surface area contributed by atoms with Crippen LogP contribution < -0.4 is 0 Å². The standard InChI is InChI=1S/C9H16.Ca/c1-8(2)6-5-7-9(8,3)4;/h7H,1,5-6H2,2-4H3;/q-2;+2/t8-;/m1./s1. The van der Waals surface area contributed by atoms with E-state index in [0.717, 1.165) is 0 Å². The van der Waals surface area contributed by atoms with E-state index in [0.29, 0.717) is 5.41 Å². The third kappa shape index (κ3) is 1.89. The minimum atomic E-state index is 0. The first-order valence-corrected chi connectivity index (χ1v) is 3.65. The molecule has 0 radical (unpaired) electrons. The molecule has 0 nitrogen and oxygen atoms in total. The zero-order valence-corrected chi connectivity index (χ0v) is 9.61. The molecule has 1 aliphatic carbocycles. The fourth-order valence-corrected chi connectivity index (χ4v) is 1.32. The Labute approximate surface area is 94.8 Å². The summed E-state index contributed by atoms with van der Waals surface area (Å²) in [6, 6.07) is 0. The molecule has 54 valence electrons. The minimum Gasteiger partial charge on any atom is -0.340 e.